The topological polar surface area (TPSA) is 72.8 Å². The van der Waals surface area contributed by atoms with Crippen LogP contribution in [0.2, 0.25) is 0 Å². The number of pyridine rings is 2. The molecule has 0 unspecified atom stereocenters. The van der Waals surface area contributed by atoms with Gasteiger partial charge in [0.25, 0.3) is 0 Å². The van der Waals surface area contributed by atoms with Crippen LogP contribution in [0.5, 0.6) is 5.88 Å². The molecule has 1 aromatic carbocycles. The number of anilines is 2. The van der Waals surface area contributed by atoms with Crippen LogP contribution in [0.1, 0.15) is 30.2 Å². The van der Waals surface area contributed by atoms with Gasteiger partial charge in [0.2, 0.25) is 11.8 Å². The number of ether oxygens (including phenoxy) is 1. The third-order valence-electron chi connectivity index (χ3n) is 5.03. The third kappa shape index (κ3) is 4.45. The Hall–Kier alpha value is -3.61. The van der Waals surface area contributed by atoms with E-state index in [0.29, 0.717) is 17.4 Å². The van der Waals surface area contributed by atoms with Crippen LogP contribution in [-0.2, 0) is 13.1 Å². The van der Waals surface area contributed by atoms with E-state index in [1.807, 2.05) is 43.3 Å². The van der Waals surface area contributed by atoms with E-state index in [1.54, 1.807) is 7.11 Å². The van der Waals surface area contributed by atoms with Gasteiger partial charge in [0, 0.05) is 40.7 Å². The largest absolute Gasteiger partial charge is 0.481 e. The van der Waals surface area contributed by atoms with Crippen LogP contribution in [-0.4, -0.2) is 27.0 Å². The van der Waals surface area contributed by atoms with Crippen molar-refractivity contribution in [1.82, 2.24) is 19.9 Å². The molecule has 0 aliphatic heterocycles. The number of alkyl halides is 1. The number of aryl methyl sites for hydroxylation is 2. The number of halogens is 1. The number of rotatable bonds is 7. The standard InChI is InChI=1S/C24H24FN5O/c1-4-5-18-11-21(29-24-26-13-16(12-25)14-27-24)19-8-7-17(10-20(19)28-18)23-15(2)6-9-22(30-23)31-3/h6-11,13-14H,4-5,12H2,1-3H3,(H,26,27,28,29). The number of hydrogen-bond donors (Lipinski definition) is 1. The molecule has 0 radical (unpaired) electrons. The molecule has 4 rings (SSSR count). The number of nitrogens with zero attached hydrogens (tertiary/aromatic N) is 4. The second kappa shape index (κ2) is 9.04. The summed E-state index contributed by atoms with van der Waals surface area (Å²) < 4.78 is 18.1. The minimum absolute atomic E-state index is 0.418. The van der Waals surface area contributed by atoms with Crippen molar-refractivity contribution in [2.75, 3.05) is 12.4 Å². The van der Waals surface area contributed by atoms with Gasteiger partial charge in [-0.25, -0.2) is 19.3 Å². The van der Waals surface area contributed by atoms with E-state index < -0.39 is 6.67 Å². The van der Waals surface area contributed by atoms with Gasteiger partial charge in [-0.3, -0.25) is 4.98 Å². The summed E-state index contributed by atoms with van der Waals surface area (Å²) in [5.41, 5.74) is 6.04. The van der Waals surface area contributed by atoms with Gasteiger partial charge >= 0.3 is 0 Å². The molecule has 0 amide bonds. The van der Waals surface area contributed by atoms with Gasteiger partial charge < -0.3 is 10.1 Å². The molecule has 0 bridgehead atoms. The minimum Gasteiger partial charge on any atom is -0.481 e. The van der Waals surface area contributed by atoms with Crippen LogP contribution in [0, 0.1) is 6.92 Å². The number of nitrogens with one attached hydrogen (secondary N) is 1. The SMILES string of the molecule is CCCc1cc(Nc2ncc(CF)cn2)c2ccc(-c3nc(OC)ccc3C)cc2n1. The van der Waals surface area contributed by atoms with Crippen molar-refractivity contribution in [3.8, 4) is 17.1 Å². The maximum absolute atomic E-state index is 12.8. The molecule has 158 valence electrons. The van der Waals surface area contributed by atoms with E-state index in [-0.39, 0.29) is 0 Å². The Kier molecular flexibility index (Phi) is 6.02. The maximum Gasteiger partial charge on any atom is 0.227 e. The summed E-state index contributed by atoms with van der Waals surface area (Å²) in [6.45, 7) is 3.57. The van der Waals surface area contributed by atoms with E-state index >= 15 is 0 Å². The van der Waals surface area contributed by atoms with Gasteiger partial charge in [-0.15, -0.1) is 0 Å². The fourth-order valence-electron chi connectivity index (χ4n) is 3.44. The van der Waals surface area contributed by atoms with E-state index in [4.69, 9.17) is 9.72 Å². The van der Waals surface area contributed by atoms with E-state index in [2.05, 4.69) is 27.2 Å². The average Bonchev–Trinajstić information content (AvgIpc) is 2.80. The minimum atomic E-state index is -0.584. The zero-order valence-electron chi connectivity index (χ0n) is 17.8. The van der Waals surface area contributed by atoms with Crippen LogP contribution in [0.4, 0.5) is 16.0 Å². The monoisotopic (exact) mass is 417 g/mol. The van der Waals surface area contributed by atoms with Gasteiger partial charge in [-0.05, 0) is 31.0 Å². The number of aromatic nitrogens is 4. The molecule has 0 aliphatic carbocycles. The summed E-state index contributed by atoms with van der Waals surface area (Å²) in [5.74, 6) is 0.992. The Morgan fingerprint density at radius 2 is 1.84 bits per heavy atom. The van der Waals surface area contributed by atoms with Crippen molar-refractivity contribution in [3.63, 3.8) is 0 Å². The first kappa shape index (κ1) is 20.7. The summed E-state index contributed by atoms with van der Waals surface area (Å²) in [4.78, 5) is 17.9. The highest BCUT2D eigenvalue weighted by atomic mass is 19.1. The zero-order chi connectivity index (χ0) is 21.8. The van der Waals surface area contributed by atoms with Crippen LogP contribution in [0.25, 0.3) is 22.2 Å². The Morgan fingerprint density at radius 3 is 2.55 bits per heavy atom. The van der Waals surface area contributed by atoms with Crippen molar-refractivity contribution >= 4 is 22.5 Å². The highest BCUT2D eigenvalue weighted by Crippen LogP contribution is 2.31. The second-order valence-corrected chi connectivity index (χ2v) is 7.34. The van der Waals surface area contributed by atoms with E-state index in [0.717, 1.165) is 51.9 Å². The Labute approximate surface area is 180 Å². The second-order valence-electron chi connectivity index (χ2n) is 7.34. The smallest absolute Gasteiger partial charge is 0.227 e. The molecule has 6 nitrogen and oxygen atoms in total. The lowest BCUT2D eigenvalue weighted by molar-refractivity contribution is 0.398. The maximum atomic E-state index is 12.8. The number of fused-ring (bicyclic) bond motifs is 1. The number of benzene rings is 1. The summed E-state index contributed by atoms with van der Waals surface area (Å²) in [5, 5.41) is 4.21. The quantitative estimate of drug-likeness (QED) is 0.424. The van der Waals surface area contributed by atoms with E-state index in [9.17, 15) is 4.39 Å². The number of hydrogen-bond acceptors (Lipinski definition) is 6. The fourth-order valence-corrected chi connectivity index (χ4v) is 3.44. The van der Waals surface area contributed by atoms with Gasteiger partial charge in [0.1, 0.15) is 6.67 Å². The highest BCUT2D eigenvalue weighted by molar-refractivity contribution is 5.95. The zero-order valence-corrected chi connectivity index (χ0v) is 17.8. The molecule has 4 aromatic rings. The molecular formula is C24H24FN5O. The first-order chi connectivity index (χ1) is 15.1. The summed E-state index contributed by atoms with van der Waals surface area (Å²) in [6.07, 6.45) is 4.81. The molecule has 1 N–H and O–H groups in total. The van der Waals surface area contributed by atoms with Crippen molar-refractivity contribution < 1.29 is 9.13 Å². The molecule has 3 aromatic heterocycles. The summed E-state index contributed by atoms with van der Waals surface area (Å²) >= 11 is 0. The molecule has 31 heavy (non-hydrogen) atoms. The molecule has 7 heteroatoms. The van der Waals surface area contributed by atoms with E-state index in [1.165, 1.54) is 12.4 Å². The molecular weight excluding hydrogens is 393 g/mol. The lowest BCUT2D eigenvalue weighted by Gasteiger charge is -2.13. The Morgan fingerprint density at radius 1 is 1.03 bits per heavy atom. The van der Waals surface area contributed by atoms with Crippen molar-refractivity contribution in [1.29, 1.82) is 0 Å². The van der Waals surface area contributed by atoms with Gasteiger partial charge in [0.05, 0.1) is 24.0 Å². The van der Waals surface area contributed by atoms with Gasteiger partial charge in [0.15, 0.2) is 0 Å². The lowest BCUT2D eigenvalue weighted by Crippen LogP contribution is -2.01. The Balaban J connectivity index is 1.79. The molecule has 3 heterocycles. The Bertz CT molecular complexity index is 1210. The van der Waals surface area contributed by atoms with Crippen LogP contribution in [0.3, 0.4) is 0 Å². The van der Waals surface area contributed by atoms with Crippen LogP contribution in [0.15, 0.2) is 48.8 Å². The van der Waals surface area contributed by atoms with Gasteiger partial charge in [-0.2, -0.15) is 0 Å². The molecule has 0 spiro atoms. The highest BCUT2D eigenvalue weighted by Gasteiger charge is 2.12. The van der Waals surface area contributed by atoms with Crippen LogP contribution >= 0.6 is 0 Å². The lowest BCUT2D eigenvalue weighted by atomic mass is 10.0. The number of methoxy groups -OCH3 is 1. The van der Waals surface area contributed by atoms with Crippen LogP contribution < -0.4 is 10.1 Å². The first-order valence-corrected chi connectivity index (χ1v) is 10.2. The predicted octanol–water partition coefficient (Wildman–Crippen LogP) is 5.57. The van der Waals surface area contributed by atoms with Crippen molar-refractivity contribution in [3.05, 3.63) is 65.6 Å². The molecule has 0 saturated carbocycles. The average molecular weight is 417 g/mol. The summed E-state index contributed by atoms with van der Waals surface area (Å²) in [7, 11) is 1.61. The molecule has 0 aliphatic rings. The third-order valence-corrected chi connectivity index (χ3v) is 5.03. The molecule has 0 fully saturated rings. The predicted molar refractivity (Wildman–Crippen MR) is 120 cm³/mol. The van der Waals surface area contributed by atoms with Gasteiger partial charge in [-0.1, -0.05) is 31.5 Å². The summed E-state index contributed by atoms with van der Waals surface area (Å²) in [6, 6.07) is 12.0. The normalized spacial score (nSPS) is 11.0. The fraction of sp³-hybridized carbons (Fsp3) is 0.250. The van der Waals surface area contributed by atoms with Crippen molar-refractivity contribution in [2.24, 2.45) is 0 Å². The molecule has 0 saturated heterocycles. The van der Waals surface area contributed by atoms with Crippen molar-refractivity contribution in [2.45, 2.75) is 33.4 Å². The first-order valence-electron chi connectivity index (χ1n) is 10.2. The molecule has 0 atom stereocenters.